The molecule has 1 fully saturated rings. The van der Waals surface area contributed by atoms with Crippen LogP contribution in [0.25, 0.3) is 0 Å². The van der Waals surface area contributed by atoms with Crippen molar-refractivity contribution in [2.24, 2.45) is 0 Å². The molecule has 4 heteroatoms. The minimum absolute atomic E-state index is 0.161. The molecule has 0 unspecified atom stereocenters. The van der Waals surface area contributed by atoms with E-state index in [9.17, 15) is 0 Å². The second-order valence-corrected chi connectivity index (χ2v) is 8.15. The first-order chi connectivity index (χ1) is 9.85. The lowest BCUT2D eigenvalue weighted by molar-refractivity contribution is 0.194. The molecule has 0 amide bonds. The van der Waals surface area contributed by atoms with Crippen LogP contribution in [-0.2, 0) is 0 Å². The molecule has 3 nitrogen and oxygen atoms in total. The zero-order chi connectivity index (χ0) is 16.7. The highest BCUT2D eigenvalue weighted by Gasteiger charge is 2.18. The van der Waals surface area contributed by atoms with Gasteiger partial charge in [-0.2, -0.15) is 0 Å². The predicted molar refractivity (Wildman–Crippen MR) is 102 cm³/mol. The molecule has 0 aromatic carbocycles. The molecule has 0 spiro atoms. The van der Waals surface area contributed by atoms with Crippen molar-refractivity contribution in [2.45, 2.75) is 71.9 Å². The van der Waals surface area contributed by atoms with Gasteiger partial charge in [0.1, 0.15) is 0 Å². The molecule has 0 aromatic rings. The Morgan fingerprint density at radius 1 is 0.952 bits per heavy atom. The van der Waals surface area contributed by atoms with Crippen LogP contribution in [0.15, 0.2) is 0 Å². The van der Waals surface area contributed by atoms with Gasteiger partial charge in [0.05, 0.1) is 9.68 Å². The van der Waals surface area contributed by atoms with E-state index in [1.807, 2.05) is 7.05 Å². The van der Waals surface area contributed by atoms with Crippen molar-refractivity contribution in [3.8, 4) is 0 Å². The van der Waals surface area contributed by atoms with Gasteiger partial charge in [0.15, 0.2) is 0 Å². The van der Waals surface area contributed by atoms with Crippen molar-refractivity contribution in [3.05, 3.63) is 0 Å². The Morgan fingerprint density at radius 3 is 1.43 bits per heavy atom. The summed E-state index contributed by atoms with van der Waals surface area (Å²) in [6.07, 6.45) is 7.50. The molecule has 1 saturated carbocycles. The Labute approximate surface area is 137 Å². The minimum Gasteiger partial charge on any atom is -0.330 e. The maximum Gasteiger partial charge on any atom is 0.0919 e. The summed E-state index contributed by atoms with van der Waals surface area (Å²) < 4.78 is 2.51. The lowest BCUT2D eigenvalue weighted by Crippen LogP contribution is -2.45. The summed E-state index contributed by atoms with van der Waals surface area (Å²) in [5.74, 6) is 0. The second-order valence-electron chi connectivity index (χ2n) is 6.62. The lowest BCUT2D eigenvalue weighted by atomic mass is 10.1. The molecule has 130 valence electrons. The van der Waals surface area contributed by atoms with Crippen LogP contribution < -0.4 is 5.32 Å². The molecule has 0 aromatic heterocycles. The van der Waals surface area contributed by atoms with E-state index in [2.05, 4.69) is 63.1 Å². The number of rotatable bonds is 6. The lowest BCUT2D eigenvalue weighted by Gasteiger charge is -2.32. The molecule has 1 rings (SSSR count). The highest BCUT2D eigenvalue weighted by Crippen LogP contribution is 2.15. The third kappa shape index (κ3) is 14.8. The Kier molecular flexibility index (Phi) is 16.7. The van der Waals surface area contributed by atoms with Crippen molar-refractivity contribution in [1.82, 2.24) is 14.8 Å². The Morgan fingerprint density at radius 2 is 1.33 bits per heavy atom. The van der Waals surface area contributed by atoms with Crippen molar-refractivity contribution in [3.63, 3.8) is 0 Å². The van der Waals surface area contributed by atoms with E-state index in [1.165, 1.54) is 45.2 Å². The third-order valence-corrected chi connectivity index (χ3v) is 6.20. The standard InChI is InChI=1S/C7H18N2.C5H15NSi.C5H10/c1-7(2,6-8-3)9(4)5;1-4-6(5-2)7-3;1-2-4-5-3-1/h8H,6H2,1-5H3;4-5,7H2,1-3H3;1-5H2. The highest BCUT2D eigenvalue weighted by atomic mass is 28.2. The fraction of sp³-hybridized carbons (Fsp3) is 1.00. The van der Waals surface area contributed by atoms with Crippen molar-refractivity contribution in [2.75, 3.05) is 40.8 Å². The summed E-state index contributed by atoms with van der Waals surface area (Å²) in [5, 5.41) is 3.15. The average molecular weight is 318 g/mol. The van der Waals surface area contributed by atoms with Crippen molar-refractivity contribution in [1.29, 1.82) is 0 Å². The van der Waals surface area contributed by atoms with Crippen LogP contribution in [0.3, 0.4) is 0 Å². The fourth-order valence-corrected chi connectivity index (χ4v) is 3.04. The van der Waals surface area contributed by atoms with Gasteiger partial charge >= 0.3 is 0 Å². The molecule has 0 aliphatic heterocycles. The van der Waals surface area contributed by atoms with Crippen LogP contribution in [0.5, 0.6) is 0 Å². The van der Waals surface area contributed by atoms with E-state index in [1.54, 1.807) is 0 Å². The largest absolute Gasteiger partial charge is 0.330 e. The van der Waals surface area contributed by atoms with Crippen LogP contribution in [-0.4, -0.2) is 65.5 Å². The Bertz CT molecular complexity index is 187. The fourth-order valence-electron chi connectivity index (χ4n) is 2.15. The summed E-state index contributed by atoms with van der Waals surface area (Å²) in [6, 6.07) is 0. The topological polar surface area (TPSA) is 18.5 Å². The van der Waals surface area contributed by atoms with Gasteiger partial charge < -0.3 is 14.8 Å². The van der Waals surface area contributed by atoms with Crippen LogP contribution >= 0.6 is 0 Å². The summed E-state index contributed by atoms with van der Waals surface area (Å²) >= 11 is 0. The van der Waals surface area contributed by atoms with Gasteiger partial charge in [0.25, 0.3) is 0 Å². The molecule has 0 saturated heterocycles. The van der Waals surface area contributed by atoms with Crippen molar-refractivity contribution >= 4 is 9.68 Å². The van der Waals surface area contributed by atoms with Crippen LogP contribution in [0.1, 0.15) is 59.8 Å². The molecule has 0 heterocycles. The maximum atomic E-state index is 3.15. The SMILES string of the molecule is C1CCCC1.CCN(CC)[SiH2]C.CNCC(C)(C)N(C)C. The highest BCUT2D eigenvalue weighted by molar-refractivity contribution is 6.29. The quantitative estimate of drug-likeness (QED) is 0.760. The van der Waals surface area contributed by atoms with Gasteiger partial charge in [-0.3, -0.25) is 0 Å². The maximum absolute atomic E-state index is 3.15. The van der Waals surface area contributed by atoms with E-state index in [0.29, 0.717) is 0 Å². The molecular weight excluding hydrogens is 274 g/mol. The van der Waals surface area contributed by atoms with Gasteiger partial charge in [-0.25, -0.2) is 0 Å². The van der Waals surface area contributed by atoms with Crippen LogP contribution in [0, 0.1) is 0 Å². The van der Waals surface area contributed by atoms with E-state index in [-0.39, 0.29) is 15.2 Å². The molecule has 1 N–H and O–H groups in total. The molecule has 1 aliphatic rings. The first kappa shape index (κ1) is 23.4. The third-order valence-electron chi connectivity index (χ3n) is 4.41. The number of nitrogens with one attached hydrogen (secondary N) is 1. The van der Waals surface area contributed by atoms with Gasteiger partial charge in [-0.05, 0) is 48.1 Å². The number of hydrogen-bond acceptors (Lipinski definition) is 3. The smallest absolute Gasteiger partial charge is 0.0919 e. The van der Waals surface area contributed by atoms with E-state index >= 15 is 0 Å². The molecular formula is C17H43N3Si. The van der Waals surface area contributed by atoms with E-state index in [4.69, 9.17) is 0 Å². The van der Waals surface area contributed by atoms with E-state index in [0.717, 1.165) is 6.54 Å². The van der Waals surface area contributed by atoms with Gasteiger partial charge in [-0.1, -0.05) is 52.5 Å². The van der Waals surface area contributed by atoms with Crippen LogP contribution in [0.2, 0.25) is 6.55 Å². The molecule has 0 radical (unpaired) electrons. The average Bonchev–Trinajstić information content (AvgIpc) is 3.00. The second kappa shape index (κ2) is 15.0. The first-order valence-electron chi connectivity index (χ1n) is 8.90. The minimum atomic E-state index is 0.161. The Hall–Kier alpha value is 0.0969. The predicted octanol–water partition coefficient (Wildman–Crippen LogP) is 2.96. The number of likely N-dealkylation sites (N-methyl/N-ethyl adjacent to an activating group) is 2. The molecule has 0 atom stereocenters. The number of nitrogens with zero attached hydrogens (tertiary/aromatic N) is 2. The first-order valence-corrected chi connectivity index (χ1v) is 10.9. The molecule has 0 bridgehead atoms. The normalized spacial score (nSPS) is 15.1. The monoisotopic (exact) mass is 317 g/mol. The molecule has 21 heavy (non-hydrogen) atoms. The van der Waals surface area contributed by atoms with E-state index < -0.39 is 0 Å². The summed E-state index contributed by atoms with van der Waals surface area (Å²) in [7, 11) is 6.33. The van der Waals surface area contributed by atoms with Gasteiger partial charge in [0, 0.05) is 12.1 Å². The Balaban J connectivity index is 0. The van der Waals surface area contributed by atoms with Gasteiger partial charge in [0.2, 0.25) is 0 Å². The summed E-state index contributed by atoms with van der Waals surface area (Å²) in [4.78, 5) is 2.21. The summed E-state index contributed by atoms with van der Waals surface area (Å²) in [6.45, 7) is 14.7. The summed E-state index contributed by atoms with van der Waals surface area (Å²) in [5.41, 5.74) is 0.273. The number of hydrogen-bond donors (Lipinski definition) is 1. The van der Waals surface area contributed by atoms with Gasteiger partial charge in [-0.15, -0.1) is 0 Å². The van der Waals surface area contributed by atoms with Crippen LogP contribution in [0.4, 0.5) is 0 Å². The van der Waals surface area contributed by atoms with Crippen molar-refractivity contribution < 1.29 is 0 Å². The molecule has 1 aliphatic carbocycles. The zero-order valence-electron chi connectivity index (χ0n) is 16.3. The zero-order valence-corrected chi connectivity index (χ0v) is 17.7.